The second kappa shape index (κ2) is 3.67. The van der Waals surface area contributed by atoms with Crippen LogP contribution in [0, 0.1) is 12.5 Å². The lowest BCUT2D eigenvalue weighted by atomic mass is 10.2. The van der Waals surface area contributed by atoms with Crippen molar-refractivity contribution in [1.29, 1.82) is 0 Å². The molecule has 0 fully saturated rings. The van der Waals surface area contributed by atoms with E-state index in [9.17, 15) is 4.79 Å². The first-order chi connectivity index (χ1) is 4.57. The van der Waals surface area contributed by atoms with Gasteiger partial charge in [-0.15, -0.1) is 0 Å². The molecule has 0 aromatic carbocycles. The fraction of sp³-hybridized carbons (Fsp3) is 0.429. The van der Waals surface area contributed by atoms with E-state index in [2.05, 4.69) is 4.85 Å². The van der Waals surface area contributed by atoms with E-state index < -0.39 is 5.97 Å². The molecule has 0 rings (SSSR count). The third-order valence-corrected chi connectivity index (χ3v) is 0.831. The Balaban J connectivity index is 4.39. The number of carboxylic acids is 1. The van der Waals surface area contributed by atoms with Gasteiger partial charge in [-0.1, -0.05) is 19.9 Å². The van der Waals surface area contributed by atoms with Crippen LogP contribution in [0.4, 0.5) is 0 Å². The Morgan fingerprint density at radius 1 is 1.70 bits per heavy atom. The van der Waals surface area contributed by atoms with E-state index in [1.165, 1.54) is 6.08 Å². The molecule has 0 spiro atoms. The van der Waals surface area contributed by atoms with Crippen LogP contribution in [0.2, 0.25) is 0 Å². The zero-order valence-electron chi connectivity index (χ0n) is 5.96. The van der Waals surface area contributed by atoms with Crippen LogP contribution < -0.4 is 0 Å². The van der Waals surface area contributed by atoms with Gasteiger partial charge in [0.05, 0.1) is 6.57 Å². The lowest BCUT2D eigenvalue weighted by molar-refractivity contribution is -0.132. The van der Waals surface area contributed by atoms with Crippen molar-refractivity contribution in [2.75, 3.05) is 0 Å². The molecule has 10 heavy (non-hydrogen) atoms. The van der Waals surface area contributed by atoms with Gasteiger partial charge in [0.25, 0.3) is 5.70 Å². The van der Waals surface area contributed by atoms with Gasteiger partial charge in [-0.05, 0) is 5.92 Å². The first kappa shape index (κ1) is 8.70. The topological polar surface area (TPSA) is 41.7 Å². The molecule has 0 aliphatic heterocycles. The Morgan fingerprint density at radius 3 is 2.30 bits per heavy atom. The molecule has 3 nitrogen and oxygen atoms in total. The zero-order chi connectivity index (χ0) is 8.15. The van der Waals surface area contributed by atoms with Crippen LogP contribution in [0.15, 0.2) is 11.8 Å². The van der Waals surface area contributed by atoms with Gasteiger partial charge in [0.1, 0.15) is 0 Å². The van der Waals surface area contributed by atoms with Crippen LogP contribution in [0.5, 0.6) is 0 Å². The number of allylic oxidation sites excluding steroid dienone is 1. The standard InChI is InChI=1S/C7H9NO2/c1-5(2)4-6(8-3)7(9)10/h4-5H,1-2H3,(H,9,10). The van der Waals surface area contributed by atoms with E-state index in [0.29, 0.717) is 0 Å². The predicted molar refractivity (Wildman–Crippen MR) is 37.2 cm³/mol. The second-order valence-electron chi connectivity index (χ2n) is 2.21. The summed E-state index contributed by atoms with van der Waals surface area (Å²) in [7, 11) is 0. The number of aliphatic carboxylic acids is 1. The molecule has 3 heteroatoms. The van der Waals surface area contributed by atoms with Crippen molar-refractivity contribution in [2.24, 2.45) is 5.92 Å². The molecular weight excluding hydrogens is 130 g/mol. The molecule has 1 N–H and O–H groups in total. The first-order valence-electron chi connectivity index (χ1n) is 2.90. The fourth-order valence-corrected chi connectivity index (χ4v) is 0.472. The molecular formula is C7H9NO2. The Morgan fingerprint density at radius 2 is 2.20 bits per heavy atom. The zero-order valence-corrected chi connectivity index (χ0v) is 5.96. The molecule has 0 aliphatic carbocycles. The van der Waals surface area contributed by atoms with Gasteiger partial charge >= 0.3 is 5.97 Å². The minimum Gasteiger partial charge on any atom is -0.486 e. The van der Waals surface area contributed by atoms with E-state index in [4.69, 9.17) is 11.7 Å². The SMILES string of the molecule is [C-]#[N+]C(=CC(C)C)C(=O)O. The van der Waals surface area contributed by atoms with E-state index in [0.717, 1.165) is 0 Å². The molecule has 0 heterocycles. The van der Waals surface area contributed by atoms with Crippen molar-refractivity contribution in [1.82, 2.24) is 0 Å². The number of carbonyl (C=O) groups is 1. The summed E-state index contributed by atoms with van der Waals surface area (Å²) in [6.07, 6.45) is 1.43. The molecule has 0 bridgehead atoms. The van der Waals surface area contributed by atoms with E-state index >= 15 is 0 Å². The van der Waals surface area contributed by atoms with Crippen molar-refractivity contribution in [3.05, 3.63) is 23.2 Å². The highest BCUT2D eigenvalue weighted by atomic mass is 16.4. The van der Waals surface area contributed by atoms with Crippen LogP contribution in [0.1, 0.15) is 13.8 Å². The van der Waals surface area contributed by atoms with Gasteiger partial charge in [-0.25, -0.2) is 4.85 Å². The molecule has 0 aliphatic rings. The Hall–Kier alpha value is -1.30. The molecule has 0 aromatic rings. The molecule has 0 aromatic heterocycles. The first-order valence-corrected chi connectivity index (χ1v) is 2.90. The monoisotopic (exact) mass is 139 g/mol. The summed E-state index contributed by atoms with van der Waals surface area (Å²) < 4.78 is 0. The van der Waals surface area contributed by atoms with E-state index in [1.54, 1.807) is 0 Å². The summed E-state index contributed by atoms with van der Waals surface area (Å²) >= 11 is 0. The molecule has 0 saturated heterocycles. The van der Waals surface area contributed by atoms with Gasteiger partial charge in [0.15, 0.2) is 0 Å². The summed E-state index contributed by atoms with van der Waals surface area (Å²) in [4.78, 5) is 13.0. The molecule has 0 unspecified atom stereocenters. The van der Waals surface area contributed by atoms with Gasteiger partial charge < -0.3 is 5.11 Å². The van der Waals surface area contributed by atoms with Crippen molar-refractivity contribution in [3.63, 3.8) is 0 Å². The fourth-order valence-electron chi connectivity index (χ4n) is 0.472. The third-order valence-electron chi connectivity index (χ3n) is 0.831. The third kappa shape index (κ3) is 2.88. The number of carboxylic acid groups (broad SMARTS) is 1. The normalized spacial score (nSPS) is 11.2. The van der Waals surface area contributed by atoms with Crippen molar-refractivity contribution < 1.29 is 9.90 Å². The maximum absolute atomic E-state index is 10.2. The van der Waals surface area contributed by atoms with Crippen LogP contribution >= 0.6 is 0 Å². The molecule has 0 amide bonds. The maximum atomic E-state index is 10.2. The van der Waals surface area contributed by atoms with E-state index in [-0.39, 0.29) is 11.6 Å². The number of hydrogen-bond donors (Lipinski definition) is 1. The summed E-state index contributed by atoms with van der Waals surface area (Å²) in [5.74, 6) is -1.04. The predicted octanol–water partition coefficient (Wildman–Crippen LogP) is 1.53. The van der Waals surface area contributed by atoms with Crippen molar-refractivity contribution >= 4 is 5.97 Å². The summed E-state index contributed by atoms with van der Waals surface area (Å²) in [5.41, 5.74) is -0.199. The minimum absolute atomic E-state index is 0.111. The largest absolute Gasteiger partial charge is 0.486 e. The second-order valence-corrected chi connectivity index (χ2v) is 2.21. The summed E-state index contributed by atoms with van der Waals surface area (Å²) in [5, 5.41) is 8.34. The highest BCUT2D eigenvalue weighted by molar-refractivity contribution is 5.88. The summed E-state index contributed by atoms with van der Waals surface area (Å²) in [6, 6.07) is 0. The van der Waals surface area contributed by atoms with Crippen LogP contribution in [0.25, 0.3) is 4.85 Å². The van der Waals surface area contributed by atoms with Crippen molar-refractivity contribution in [3.8, 4) is 0 Å². The van der Waals surface area contributed by atoms with Crippen molar-refractivity contribution in [2.45, 2.75) is 13.8 Å². The van der Waals surface area contributed by atoms with Gasteiger partial charge in [-0.3, -0.25) is 4.79 Å². The Kier molecular flexibility index (Phi) is 3.20. The Labute approximate surface area is 59.8 Å². The average Bonchev–Trinajstić information content (AvgIpc) is 1.81. The quantitative estimate of drug-likeness (QED) is 0.465. The lowest BCUT2D eigenvalue weighted by Crippen LogP contribution is -1.97. The molecule has 54 valence electrons. The molecule has 0 radical (unpaired) electrons. The molecule has 0 atom stereocenters. The highest BCUT2D eigenvalue weighted by Crippen LogP contribution is 2.03. The maximum Gasteiger partial charge on any atom is 0.333 e. The minimum atomic E-state index is -1.15. The van der Waals surface area contributed by atoms with Crippen LogP contribution in [-0.2, 0) is 4.79 Å². The average molecular weight is 139 g/mol. The number of rotatable bonds is 2. The Bertz CT molecular complexity index is 198. The van der Waals surface area contributed by atoms with Crippen LogP contribution in [-0.4, -0.2) is 11.1 Å². The van der Waals surface area contributed by atoms with Gasteiger partial charge in [0.2, 0.25) is 0 Å². The van der Waals surface area contributed by atoms with Gasteiger partial charge in [-0.2, -0.15) is 0 Å². The highest BCUT2D eigenvalue weighted by Gasteiger charge is 2.05. The number of hydrogen-bond acceptors (Lipinski definition) is 1. The molecule has 0 saturated carbocycles. The lowest BCUT2D eigenvalue weighted by Gasteiger charge is -1.93. The van der Waals surface area contributed by atoms with E-state index in [1.807, 2.05) is 13.8 Å². The summed E-state index contributed by atoms with van der Waals surface area (Å²) in [6.45, 7) is 10.1. The number of nitrogens with zero attached hydrogens (tertiary/aromatic N) is 1. The van der Waals surface area contributed by atoms with Gasteiger partial charge in [0, 0.05) is 0 Å². The smallest absolute Gasteiger partial charge is 0.333 e. The van der Waals surface area contributed by atoms with Crippen LogP contribution in [0.3, 0.4) is 0 Å².